The number of esters is 2. The fourth-order valence-electron chi connectivity index (χ4n) is 11.0. The van der Waals surface area contributed by atoms with E-state index < -0.39 is 26.5 Å². The van der Waals surface area contributed by atoms with E-state index in [0.717, 1.165) is 32.1 Å². The molecule has 9 nitrogen and oxygen atoms in total. The lowest BCUT2D eigenvalue weighted by molar-refractivity contribution is -0.870. The fraction of sp³-hybridized carbons (Fsp3) is 0.944. The van der Waals surface area contributed by atoms with Gasteiger partial charge in [0.05, 0.1) is 27.7 Å². The molecule has 0 heterocycles. The molecular formula is C71H141NO8P+. The lowest BCUT2D eigenvalue weighted by Crippen LogP contribution is -2.37. The van der Waals surface area contributed by atoms with Gasteiger partial charge in [-0.2, -0.15) is 0 Å². The van der Waals surface area contributed by atoms with Gasteiger partial charge in [-0.15, -0.1) is 0 Å². The van der Waals surface area contributed by atoms with Crippen LogP contribution in [0.5, 0.6) is 0 Å². The molecule has 0 bridgehead atoms. The summed E-state index contributed by atoms with van der Waals surface area (Å²) in [7, 11) is 1.50. The van der Waals surface area contributed by atoms with Crippen LogP contribution in [0.3, 0.4) is 0 Å². The van der Waals surface area contributed by atoms with Crippen LogP contribution in [0.25, 0.3) is 0 Å². The maximum atomic E-state index is 12.9. The SMILES string of the molecule is CCCCCCCCCC/C=C\CCCCCCCCCCCCCCCC(=O)OC(COC(=O)CCCCCCCCCCCCCCCCCCCCCCCCCCCCCCCCCC)COP(=O)(O)OCC[N+](C)(C)C. The predicted molar refractivity (Wildman–Crippen MR) is 349 cm³/mol. The van der Waals surface area contributed by atoms with E-state index in [1.54, 1.807) is 0 Å². The predicted octanol–water partition coefficient (Wildman–Crippen LogP) is 23.1. The van der Waals surface area contributed by atoms with Crippen LogP contribution in [0.4, 0.5) is 0 Å². The topological polar surface area (TPSA) is 108 Å². The van der Waals surface area contributed by atoms with Crippen molar-refractivity contribution in [2.24, 2.45) is 0 Å². The van der Waals surface area contributed by atoms with Crippen LogP contribution in [0.1, 0.15) is 380 Å². The van der Waals surface area contributed by atoms with Gasteiger partial charge in [-0.1, -0.05) is 341 Å². The van der Waals surface area contributed by atoms with Crippen LogP contribution in [-0.4, -0.2) is 74.9 Å². The van der Waals surface area contributed by atoms with E-state index in [-0.39, 0.29) is 25.6 Å². The fourth-order valence-corrected chi connectivity index (χ4v) is 11.8. The molecule has 0 aromatic heterocycles. The summed E-state index contributed by atoms with van der Waals surface area (Å²) in [6, 6.07) is 0. The van der Waals surface area contributed by atoms with Crippen LogP contribution < -0.4 is 0 Å². The molecule has 0 radical (unpaired) electrons. The van der Waals surface area contributed by atoms with Crippen molar-refractivity contribution in [3.8, 4) is 0 Å². The Morgan fingerprint density at radius 2 is 0.630 bits per heavy atom. The van der Waals surface area contributed by atoms with E-state index >= 15 is 0 Å². The molecular weight excluding hydrogens is 1030 g/mol. The molecule has 0 spiro atoms. The normalized spacial score (nSPS) is 13.1. The molecule has 0 aliphatic heterocycles. The highest BCUT2D eigenvalue weighted by Crippen LogP contribution is 2.43. The van der Waals surface area contributed by atoms with E-state index in [4.69, 9.17) is 18.5 Å². The minimum absolute atomic E-state index is 0.0361. The number of ether oxygens (including phenoxy) is 2. The number of allylic oxidation sites excluding steroid dienone is 2. The molecule has 1 N–H and O–H groups in total. The third kappa shape index (κ3) is 67.7. The molecule has 2 atom stereocenters. The number of hydrogen-bond donors (Lipinski definition) is 1. The number of carbonyl (C=O) groups is 2. The summed E-state index contributed by atoms with van der Waals surface area (Å²) < 4.78 is 34.7. The van der Waals surface area contributed by atoms with Crippen molar-refractivity contribution in [1.29, 1.82) is 0 Å². The van der Waals surface area contributed by atoms with Crippen molar-refractivity contribution in [2.75, 3.05) is 47.5 Å². The number of phosphoric acid groups is 1. The van der Waals surface area contributed by atoms with Gasteiger partial charge in [0, 0.05) is 12.8 Å². The molecule has 0 amide bonds. The molecule has 0 aromatic carbocycles. The Hall–Kier alpha value is -1.25. The summed E-state index contributed by atoms with van der Waals surface area (Å²) in [5.74, 6) is -0.772. The monoisotopic (exact) mass is 1170 g/mol. The smallest absolute Gasteiger partial charge is 0.462 e. The van der Waals surface area contributed by atoms with E-state index in [9.17, 15) is 19.0 Å². The molecule has 0 saturated carbocycles. The van der Waals surface area contributed by atoms with Gasteiger partial charge in [-0.3, -0.25) is 18.6 Å². The third-order valence-corrected chi connectivity index (χ3v) is 17.5. The Kier molecular flexibility index (Phi) is 62.3. The number of rotatable bonds is 68. The summed E-state index contributed by atoms with van der Waals surface area (Å²) in [6.45, 7) is 4.52. The van der Waals surface area contributed by atoms with Gasteiger partial charge in [-0.05, 0) is 38.5 Å². The second kappa shape index (κ2) is 63.3. The Morgan fingerprint density at radius 1 is 0.370 bits per heavy atom. The lowest BCUT2D eigenvalue weighted by Gasteiger charge is -2.24. The lowest BCUT2D eigenvalue weighted by atomic mass is 10.0. The zero-order chi connectivity index (χ0) is 59.1. The van der Waals surface area contributed by atoms with Gasteiger partial charge in [0.1, 0.15) is 19.8 Å². The number of nitrogens with zero attached hydrogens (tertiary/aromatic N) is 1. The zero-order valence-electron chi connectivity index (χ0n) is 55.1. The molecule has 10 heteroatoms. The standard InChI is InChI=1S/C71H140NO8P/c1-6-8-10-12-14-16-18-20-22-24-26-28-30-32-33-34-35-36-37-38-40-41-43-45-47-49-51-53-55-57-59-61-63-70(73)77-67-69(68-79-81(75,76)78-66-65-72(3,4)5)80-71(74)64-62-60-58-56-54-52-50-48-46-44-42-39-31-29-27-25-23-21-19-17-15-13-11-9-7-2/h25,27,69H,6-24,26,28-68H2,1-5H3/p+1/b27-25-. The number of quaternary nitrogens is 1. The highest BCUT2D eigenvalue weighted by Gasteiger charge is 2.27. The Bertz CT molecular complexity index is 1370. The summed E-state index contributed by atoms with van der Waals surface area (Å²) in [5, 5.41) is 0. The second-order valence-corrected chi connectivity index (χ2v) is 27.4. The number of likely N-dealkylation sites (N-methyl/N-ethyl adjacent to an activating group) is 1. The first-order valence-electron chi connectivity index (χ1n) is 35.9. The molecule has 0 aromatic rings. The number of hydrogen-bond acceptors (Lipinski definition) is 7. The van der Waals surface area contributed by atoms with Crippen molar-refractivity contribution < 1.29 is 42.1 Å². The van der Waals surface area contributed by atoms with Crippen LogP contribution in [0.15, 0.2) is 12.2 Å². The number of phosphoric ester groups is 1. The molecule has 0 aliphatic rings. The summed E-state index contributed by atoms with van der Waals surface area (Å²) in [4.78, 5) is 35.9. The Morgan fingerprint density at radius 3 is 0.914 bits per heavy atom. The Balaban J connectivity index is 3.96. The summed E-state index contributed by atoms with van der Waals surface area (Å²) in [5.41, 5.74) is 0. The molecule has 2 unspecified atom stereocenters. The quantitative estimate of drug-likeness (QED) is 0.0211. The van der Waals surface area contributed by atoms with Crippen LogP contribution in [0.2, 0.25) is 0 Å². The molecule has 0 aliphatic carbocycles. The molecule has 482 valence electrons. The number of carbonyl (C=O) groups excluding carboxylic acids is 2. The van der Waals surface area contributed by atoms with Gasteiger partial charge in [-0.25, -0.2) is 4.57 Å². The van der Waals surface area contributed by atoms with Crippen molar-refractivity contribution >= 4 is 19.8 Å². The van der Waals surface area contributed by atoms with Crippen molar-refractivity contribution in [1.82, 2.24) is 0 Å². The van der Waals surface area contributed by atoms with Gasteiger partial charge >= 0.3 is 19.8 Å². The summed E-state index contributed by atoms with van der Waals surface area (Å²) >= 11 is 0. The van der Waals surface area contributed by atoms with E-state index in [1.165, 1.54) is 315 Å². The summed E-state index contributed by atoms with van der Waals surface area (Å²) in [6.07, 6.45) is 77.6. The Labute approximate surface area is 505 Å². The zero-order valence-corrected chi connectivity index (χ0v) is 56.0. The second-order valence-electron chi connectivity index (χ2n) is 26.0. The van der Waals surface area contributed by atoms with E-state index in [0.29, 0.717) is 23.9 Å². The van der Waals surface area contributed by atoms with Crippen molar-refractivity contribution in [3.05, 3.63) is 12.2 Å². The van der Waals surface area contributed by atoms with Gasteiger partial charge < -0.3 is 18.9 Å². The molecule has 81 heavy (non-hydrogen) atoms. The maximum Gasteiger partial charge on any atom is 0.472 e. The molecule has 0 saturated heterocycles. The minimum atomic E-state index is -4.39. The highest BCUT2D eigenvalue weighted by molar-refractivity contribution is 7.47. The minimum Gasteiger partial charge on any atom is -0.462 e. The average Bonchev–Trinajstić information content (AvgIpc) is 3.43. The van der Waals surface area contributed by atoms with Crippen molar-refractivity contribution in [3.63, 3.8) is 0 Å². The average molecular weight is 1170 g/mol. The van der Waals surface area contributed by atoms with Crippen LogP contribution in [-0.2, 0) is 32.7 Å². The van der Waals surface area contributed by atoms with Crippen LogP contribution >= 0.6 is 7.82 Å². The van der Waals surface area contributed by atoms with Crippen LogP contribution in [0, 0.1) is 0 Å². The highest BCUT2D eigenvalue weighted by atomic mass is 31.2. The van der Waals surface area contributed by atoms with Gasteiger partial charge in [0.15, 0.2) is 6.10 Å². The van der Waals surface area contributed by atoms with E-state index in [2.05, 4.69) is 26.0 Å². The first-order chi connectivity index (χ1) is 39.5. The number of unbranched alkanes of at least 4 members (excludes halogenated alkanes) is 52. The van der Waals surface area contributed by atoms with E-state index in [1.807, 2.05) is 21.1 Å². The largest absolute Gasteiger partial charge is 0.472 e. The van der Waals surface area contributed by atoms with Gasteiger partial charge in [0.25, 0.3) is 0 Å². The maximum absolute atomic E-state index is 12.9. The van der Waals surface area contributed by atoms with Gasteiger partial charge in [0.2, 0.25) is 0 Å². The first kappa shape index (κ1) is 79.8. The molecule has 0 fully saturated rings. The first-order valence-corrected chi connectivity index (χ1v) is 37.4. The molecule has 0 rings (SSSR count). The third-order valence-electron chi connectivity index (χ3n) is 16.5. The van der Waals surface area contributed by atoms with Crippen molar-refractivity contribution in [2.45, 2.75) is 386 Å².